The standard InChI is InChI=1S/C14H16N2O3/c1-19-11-6-4-10(5-7-11)16-13(17)8-12(14(16)18)15-9-2-3-9/h4-7,9,12,15H,2-3,8H2,1H3/p+1/t12-/m1/s1. The van der Waals surface area contributed by atoms with Crippen molar-refractivity contribution in [3.8, 4) is 5.75 Å². The van der Waals surface area contributed by atoms with Crippen LogP contribution in [-0.2, 0) is 9.59 Å². The molecule has 0 bridgehead atoms. The monoisotopic (exact) mass is 261 g/mol. The van der Waals surface area contributed by atoms with Crippen molar-refractivity contribution in [3.63, 3.8) is 0 Å². The van der Waals surface area contributed by atoms with E-state index in [9.17, 15) is 9.59 Å². The van der Waals surface area contributed by atoms with Crippen LogP contribution in [0.3, 0.4) is 0 Å². The minimum atomic E-state index is -0.234. The highest BCUT2D eigenvalue weighted by Crippen LogP contribution is 2.25. The van der Waals surface area contributed by atoms with Gasteiger partial charge in [0.2, 0.25) is 5.91 Å². The molecule has 0 spiro atoms. The minimum Gasteiger partial charge on any atom is -0.497 e. The molecule has 100 valence electrons. The van der Waals surface area contributed by atoms with Crippen molar-refractivity contribution in [1.82, 2.24) is 0 Å². The van der Waals surface area contributed by atoms with Gasteiger partial charge in [-0.1, -0.05) is 0 Å². The molecule has 2 fully saturated rings. The number of amides is 2. The van der Waals surface area contributed by atoms with Crippen LogP contribution >= 0.6 is 0 Å². The van der Waals surface area contributed by atoms with Gasteiger partial charge in [-0.3, -0.25) is 9.59 Å². The lowest BCUT2D eigenvalue weighted by Gasteiger charge is -2.14. The third kappa shape index (κ3) is 2.33. The van der Waals surface area contributed by atoms with Crippen LogP contribution in [-0.4, -0.2) is 31.0 Å². The number of quaternary nitrogens is 1. The Kier molecular flexibility index (Phi) is 2.98. The summed E-state index contributed by atoms with van der Waals surface area (Å²) in [7, 11) is 1.59. The molecule has 2 amide bonds. The van der Waals surface area contributed by atoms with Gasteiger partial charge in [-0.05, 0) is 24.3 Å². The fourth-order valence-corrected chi connectivity index (χ4v) is 2.43. The Hall–Kier alpha value is -1.88. The van der Waals surface area contributed by atoms with Crippen molar-refractivity contribution in [1.29, 1.82) is 0 Å². The van der Waals surface area contributed by atoms with Crippen LogP contribution in [0.4, 0.5) is 5.69 Å². The Labute approximate surface area is 111 Å². The quantitative estimate of drug-likeness (QED) is 0.779. The van der Waals surface area contributed by atoms with E-state index in [0.717, 1.165) is 12.8 Å². The molecule has 1 heterocycles. The second-order valence-corrected chi connectivity index (χ2v) is 5.11. The number of nitrogens with two attached hydrogens (primary N) is 1. The van der Waals surface area contributed by atoms with E-state index in [-0.39, 0.29) is 17.9 Å². The highest BCUT2D eigenvalue weighted by Gasteiger charge is 2.44. The molecule has 1 saturated heterocycles. The molecule has 3 rings (SSSR count). The predicted molar refractivity (Wildman–Crippen MR) is 68.8 cm³/mol. The first-order chi connectivity index (χ1) is 9.19. The first-order valence-electron chi connectivity index (χ1n) is 6.55. The van der Waals surface area contributed by atoms with Crippen molar-refractivity contribution in [2.45, 2.75) is 31.3 Å². The van der Waals surface area contributed by atoms with Gasteiger partial charge in [0.05, 0.1) is 25.3 Å². The molecule has 1 atom stereocenters. The summed E-state index contributed by atoms with van der Waals surface area (Å²) in [6.45, 7) is 0. The van der Waals surface area contributed by atoms with E-state index >= 15 is 0 Å². The van der Waals surface area contributed by atoms with E-state index in [2.05, 4.69) is 0 Å². The summed E-state index contributed by atoms with van der Waals surface area (Å²) in [5.41, 5.74) is 0.627. The molecule has 5 nitrogen and oxygen atoms in total. The largest absolute Gasteiger partial charge is 0.497 e. The van der Waals surface area contributed by atoms with E-state index in [0.29, 0.717) is 23.9 Å². The number of hydrogen-bond acceptors (Lipinski definition) is 3. The molecule has 1 aliphatic carbocycles. The first kappa shape index (κ1) is 12.2. The van der Waals surface area contributed by atoms with Gasteiger partial charge in [0, 0.05) is 12.8 Å². The molecule has 1 aromatic rings. The Bertz CT molecular complexity index is 508. The second kappa shape index (κ2) is 4.66. The number of hydrogen-bond donors (Lipinski definition) is 1. The zero-order valence-corrected chi connectivity index (χ0v) is 10.8. The number of methoxy groups -OCH3 is 1. The fourth-order valence-electron chi connectivity index (χ4n) is 2.43. The van der Waals surface area contributed by atoms with Gasteiger partial charge in [-0.25, -0.2) is 4.90 Å². The summed E-state index contributed by atoms with van der Waals surface area (Å²) in [5.74, 6) is 0.503. The molecule has 5 heteroatoms. The summed E-state index contributed by atoms with van der Waals surface area (Å²) in [6, 6.07) is 7.31. The molecule has 1 saturated carbocycles. The minimum absolute atomic E-state index is 0.0953. The third-order valence-electron chi connectivity index (χ3n) is 3.64. The molecule has 1 aromatic carbocycles. The SMILES string of the molecule is COc1ccc(N2C(=O)C[C@@H]([NH2+]C3CC3)C2=O)cc1. The van der Waals surface area contributed by atoms with E-state index in [4.69, 9.17) is 4.74 Å². The van der Waals surface area contributed by atoms with Crippen molar-refractivity contribution in [2.24, 2.45) is 0 Å². The summed E-state index contributed by atoms with van der Waals surface area (Å²) in [6.07, 6.45) is 2.61. The molecular weight excluding hydrogens is 244 g/mol. The van der Waals surface area contributed by atoms with Gasteiger partial charge in [0.25, 0.3) is 5.91 Å². The van der Waals surface area contributed by atoms with Crippen LogP contribution in [0.5, 0.6) is 5.75 Å². The average molecular weight is 261 g/mol. The van der Waals surface area contributed by atoms with Crippen molar-refractivity contribution in [3.05, 3.63) is 24.3 Å². The zero-order chi connectivity index (χ0) is 13.4. The van der Waals surface area contributed by atoms with Crippen molar-refractivity contribution < 1.29 is 19.6 Å². The Morgan fingerprint density at radius 1 is 1.21 bits per heavy atom. The predicted octanol–water partition coefficient (Wildman–Crippen LogP) is 0.0529. The van der Waals surface area contributed by atoms with Gasteiger partial charge in [0.1, 0.15) is 5.75 Å². The maximum Gasteiger partial charge on any atom is 0.292 e. The van der Waals surface area contributed by atoms with Crippen LogP contribution < -0.4 is 15.0 Å². The van der Waals surface area contributed by atoms with E-state index < -0.39 is 0 Å². The van der Waals surface area contributed by atoms with Gasteiger partial charge in [-0.2, -0.15) is 0 Å². The van der Waals surface area contributed by atoms with E-state index in [1.165, 1.54) is 4.90 Å². The summed E-state index contributed by atoms with van der Waals surface area (Å²) in [5, 5.41) is 2.05. The number of carbonyl (C=O) groups is 2. The molecule has 0 radical (unpaired) electrons. The van der Waals surface area contributed by atoms with E-state index in [1.807, 2.05) is 5.32 Å². The van der Waals surface area contributed by atoms with E-state index in [1.54, 1.807) is 31.4 Å². The number of imide groups is 1. The highest BCUT2D eigenvalue weighted by atomic mass is 16.5. The maximum absolute atomic E-state index is 12.3. The van der Waals surface area contributed by atoms with Crippen molar-refractivity contribution >= 4 is 17.5 Å². The molecule has 2 aliphatic rings. The van der Waals surface area contributed by atoms with Crippen LogP contribution in [0.25, 0.3) is 0 Å². The van der Waals surface area contributed by atoms with Gasteiger partial charge in [-0.15, -0.1) is 0 Å². The number of carbonyl (C=O) groups excluding carboxylic acids is 2. The van der Waals surface area contributed by atoms with Crippen LogP contribution in [0.1, 0.15) is 19.3 Å². The summed E-state index contributed by atoms with van der Waals surface area (Å²) >= 11 is 0. The number of ether oxygens (including phenoxy) is 1. The fraction of sp³-hybridized carbons (Fsp3) is 0.429. The molecular formula is C14H17N2O3+. The van der Waals surface area contributed by atoms with Crippen LogP contribution in [0.15, 0.2) is 24.3 Å². The van der Waals surface area contributed by atoms with Crippen molar-refractivity contribution in [2.75, 3.05) is 12.0 Å². The Morgan fingerprint density at radius 2 is 1.89 bits per heavy atom. The van der Waals surface area contributed by atoms with Gasteiger partial charge >= 0.3 is 0 Å². The Balaban J connectivity index is 1.78. The topological polar surface area (TPSA) is 63.2 Å². The molecule has 2 N–H and O–H groups in total. The smallest absolute Gasteiger partial charge is 0.292 e. The zero-order valence-electron chi connectivity index (χ0n) is 10.8. The Morgan fingerprint density at radius 3 is 2.47 bits per heavy atom. The molecule has 1 aliphatic heterocycles. The summed E-state index contributed by atoms with van der Waals surface area (Å²) in [4.78, 5) is 25.6. The third-order valence-corrected chi connectivity index (χ3v) is 3.64. The second-order valence-electron chi connectivity index (χ2n) is 5.11. The van der Waals surface area contributed by atoms with Crippen LogP contribution in [0, 0.1) is 0 Å². The van der Waals surface area contributed by atoms with Gasteiger partial charge < -0.3 is 10.1 Å². The lowest BCUT2D eigenvalue weighted by Crippen LogP contribution is -2.93. The van der Waals surface area contributed by atoms with Crippen LogP contribution in [0.2, 0.25) is 0 Å². The normalized spacial score (nSPS) is 23.0. The maximum atomic E-state index is 12.3. The summed E-state index contributed by atoms with van der Waals surface area (Å²) < 4.78 is 5.07. The molecule has 19 heavy (non-hydrogen) atoms. The number of nitrogens with zero attached hydrogens (tertiary/aromatic N) is 1. The van der Waals surface area contributed by atoms with Gasteiger partial charge in [0.15, 0.2) is 6.04 Å². The number of anilines is 1. The first-order valence-corrected chi connectivity index (χ1v) is 6.55. The number of benzene rings is 1. The lowest BCUT2D eigenvalue weighted by atomic mass is 10.2. The highest BCUT2D eigenvalue weighted by molar-refractivity contribution is 6.21. The average Bonchev–Trinajstić information content (AvgIpc) is 3.18. The molecule has 0 unspecified atom stereocenters. The molecule has 0 aromatic heterocycles. The number of rotatable bonds is 4. The lowest BCUT2D eigenvalue weighted by molar-refractivity contribution is -0.687.